The van der Waals surface area contributed by atoms with Crippen LogP contribution in [-0.4, -0.2) is 16.7 Å². The van der Waals surface area contributed by atoms with E-state index in [1.165, 1.54) is 0 Å². The third kappa shape index (κ3) is 2.37. The van der Waals surface area contributed by atoms with Crippen molar-refractivity contribution in [3.05, 3.63) is 36.4 Å². The van der Waals surface area contributed by atoms with Gasteiger partial charge in [0.2, 0.25) is 11.7 Å². The summed E-state index contributed by atoms with van der Waals surface area (Å²) in [5, 5.41) is 8.23. The van der Waals surface area contributed by atoms with E-state index in [1.807, 2.05) is 24.3 Å². The summed E-state index contributed by atoms with van der Waals surface area (Å²) in [7, 11) is 0. The Labute approximate surface area is 110 Å². The summed E-state index contributed by atoms with van der Waals surface area (Å²) in [6.45, 7) is 3.65. The van der Waals surface area contributed by atoms with Crippen LogP contribution < -0.4 is 5.32 Å². The summed E-state index contributed by atoms with van der Waals surface area (Å²) in [4.78, 5) is 4.37. The second-order valence-corrected chi connectivity index (χ2v) is 4.33. The largest absolute Gasteiger partial charge is 0.464 e. The lowest BCUT2D eigenvalue weighted by atomic mass is 10.2. The molecule has 19 heavy (non-hydrogen) atoms. The van der Waals surface area contributed by atoms with Crippen molar-refractivity contribution in [3.8, 4) is 11.4 Å². The predicted octanol–water partition coefficient (Wildman–Crippen LogP) is 2.98. The van der Waals surface area contributed by atoms with E-state index in [1.54, 1.807) is 6.26 Å². The van der Waals surface area contributed by atoms with Gasteiger partial charge in [0, 0.05) is 5.39 Å². The van der Waals surface area contributed by atoms with Gasteiger partial charge in [0.05, 0.1) is 12.1 Å². The van der Waals surface area contributed by atoms with Crippen molar-refractivity contribution in [2.75, 3.05) is 6.54 Å². The minimum atomic E-state index is 0.568. The molecule has 0 aliphatic rings. The van der Waals surface area contributed by atoms with Crippen LogP contribution >= 0.6 is 0 Å². The van der Waals surface area contributed by atoms with Crippen LogP contribution in [0, 0.1) is 0 Å². The van der Waals surface area contributed by atoms with Crippen molar-refractivity contribution in [2.45, 2.75) is 19.9 Å². The molecule has 0 spiro atoms. The third-order valence-corrected chi connectivity index (χ3v) is 2.89. The fourth-order valence-corrected chi connectivity index (χ4v) is 1.96. The Hall–Kier alpha value is -2.14. The standard InChI is InChI=1S/C14H15N3O2/c1-2-7-15-8-13-16-14(17-19-13)11-9-18-12-6-4-3-5-10(11)12/h3-6,9,15H,2,7-8H2,1H3. The number of fused-ring (bicyclic) bond motifs is 1. The van der Waals surface area contributed by atoms with E-state index in [0.717, 1.165) is 29.5 Å². The molecule has 0 fully saturated rings. The zero-order valence-electron chi connectivity index (χ0n) is 10.7. The molecule has 1 aromatic carbocycles. The van der Waals surface area contributed by atoms with Crippen molar-refractivity contribution >= 4 is 11.0 Å². The second-order valence-electron chi connectivity index (χ2n) is 4.33. The number of nitrogens with zero attached hydrogens (tertiary/aromatic N) is 2. The van der Waals surface area contributed by atoms with Crippen LogP contribution in [0.3, 0.4) is 0 Å². The van der Waals surface area contributed by atoms with Gasteiger partial charge in [-0.2, -0.15) is 4.98 Å². The van der Waals surface area contributed by atoms with Gasteiger partial charge in [0.1, 0.15) is 11.8 Å². The highest BCUT2D eigenvalue weighted by atomic mass is 16.5. The van der Waals surface area contributed by atoms with Gasteiger partial charge >= 0.3 is 0 Å². The Balaban J connectivity index is 1.86. The van der Waals surface area contributed by atoms with Crippen LogP contribution in [0.1, 0.15) is 19.2 Å². The molecule has 0 aliphatic carbocycles. The molecule has 1 N–H and O–H groups in total. The lowest BCUT2D eigenvalue weighted by Gasteiger charge is -1.95. The first-order valence-electron chi connectivity index (χ1n) is 6.38. The molecule has 0 saturated carbocycles. The average molecular weight is 257 g/mol. The Morgan fingerprint density at radius 2 is 2.16 bits per heavy atom. The number of furan rings is 1. The summed E-state index contributed by atoms with van der Waals surface area (Å²) < 4.78 is 10.7. The van der Waals surface area contributed by atoms with E-state index in [0.29, 0.717) is 18.3 Å². The third-order valence-electron chi connectivity index (χ3n) is 2.89. The van der Waals surface area contributed by atoms with Gasteiger partial charge in [-0.3, -0.25) is 0 Å². The molecule has 3 rings (SSSR count). The molecule has 5 nitrogen and oxygen atoms in total. The van der Waals surface area contributed by atoms with Crippen LogP contribution in [0.2, 0.25) is 0 Å². The van der Waals surface area contributed by atoms with E-state index in [4.69, 9.17) is 8.94 Å². The van der Waals surface area contributed by atoms with Crippen molar-refractivity contribution in [2.24, 2.45) is 0 Å². The number of nitrogens with one attached hydrogen (secondary N) is 1. The molecule has 2 heterocycles. The van der Waals surface area contributed by atoms with E-state index in [2.05, 4.69) is 22.4 Å². The predicted molar refractivity (Wildman–Crippen MR) is 71.5 cm³/mol. The van der Waals surface area contributed by atoms with Crippen LogP contribution in [0.15, 0.2) is 39.5 Å². The van der Waals surface area contributed by atoms with Gasteiger partial charge in [-0.25, -0.2) is 0 Å². The quantitative estimate of drug-likeness (QED) is 0.712. The van der Waals surface area contributed by atoms with Crippen molar-refractivity contribution in [1.82, 2.24) is 15.5 Å². The topological polar surface area (TPSA) is 64.1 Å². The second kappa shape index (κ2) is 5.24. The van der Waals surface area contributed by atoms with E-state index in [9.17, 15) is 0 Å². The number of benzene rings is 1. The Kier molecular flexibility index (Phi) is 3.29. The van der Waals surface area contributed by atoms with Crippen molar-refractivity contribution < 1.29 is 8.94 Å². The molecule has 0 amide bonds. The Morgan fingerprint density at radius 1 is 1.26 bits per heavy atom. The van der Waals surface area contributed by atoms with E-state index < -0.39 is 0 Å². The van der Waals surface area contributed by atoms with Crippen LogP contribution in [0.4, 0.5) is 0 Å². The maximum Gasteiger partial charge on any atom is 0.240 e. The zero-order chi connectivity index (χ0) is 13.1. The van der Waals surface area contributed by atoms with Gasteiger partial charge in [0.25, 0.3) is 0 Å². The maximum absolute atomic E-state index is 5.47. The number of aromatic nitrogens is 2. The highest BCUT2D eigenvalue weighted by Gasteiger charge is 2.13. The SMILES string of the molecule is CCCNCc1nc(-c2coc3ccccc23)no1. The molecule has 0 saturated heterocycles. The fourth-order valence-electron chi connectivity index (χ4n) is 1.96. The molecular weight excluding hydrogens is 242 g/mol. The highest BCUT2D eigenvalue weighted by molar-refractivity contribution is 5.91. The summed E-state index contributed by atoms with van der Waals surface area (Å²) in [6, 6.07) is 7.80. The smallest absolute Gasteiger partial charge is 0.240 e. The molecule has 98 valence electrons. The normalized spacial score (nSPS) is 11.2. The molecular formula is C14H15N3O2. The summed E-state index contributed by atoms with van der Waals surface area (Å²) in [6.07, 6.45) is 2.74. The number of hydrogen-bond donors (Lipinski definition) is 1. The first kappa shape index (κ1) is 11.9. The number of rotatable bonds is 5. The van der Waals surface area contributed by atoms with Crippen LogP contribution in [0.25, 0.3) is 22.4 Å². The van der Waals surface area contributed by atoms with E-state index in [-0.39, 0.29) is 0 Å². The van der Waals surface area contributed by atoms with Crippen molar-refractivity contribution in [3.63, 3.8) is 0 Å². The molecule has 0 radical (unpaired) electrons. The minimum absolute atomic E-state index is 0.568. The van der Waals surface area contributed by atoms with Gasteiger partial charge in [-0.05, 0) is 19.0 Å². The fraction of sp³-hybridized carbons (Fsp3) is 0.286. The van der Waals surface area contributed by atoms with Crippen LogP contribution in [-0.2, 0) is 6.54 Å². The maximum atomic E-state index is 5.47. The van der Waals surface area contributed by atoms with Crippen LogP contribution in [0.5, 0.6) is 0 Å². The highest BCUT2D eigenvalue weighted by Crippen LogP contribution is 2.28. The molecule has 0 aliphatic heterocycles. The molecule has 2 aromatic heterocycles. The molecule has 0 bridgehead atoms. The molecule has 5 heteroatoms. The summed E-state index contributed by atoms with van der Waals surface area (Å²) >= 11 is 0. The Morgan fingerprint density at radius 3 is 3.05 bits per heavy atom. The van der Waals surface area contributed by atoms with E-state index >= 15 is 0 Å². The summed E-state index contributed by atoms with van der Waals surface area (Å²) in [5.74, 6) is 1.16. The Bertz CT molecular complexity index is 672. The number of hydrogen-bond acceptors (Lipinski definition) is 5. The summed E-state index contributed by atoms with van der Waals surface area (Å²) in [5.41, 5.74) is 1.69. The monoisotopic (exact) mass is 257 g/mol. The zero-order valence-corrected chi connectivity index (χ0v) is 10.7. The lowest BCUT2D eigenvalue weighted by molar-refractivity contribution is 0.368. The first-order valence-corrected chi connectivity index (χ1v) is 6.38. The molecule has 0 atom stereocenters. The van der Waals surface area contributed by atoms with Gasteiger partial charge in [-0.15, -0.1) is 0 Å². The molecule has 0 unspecified atom stereocenters. The minimum Gasteiger partial charge on any atom is -0.464 e. The number of para-hydroxylation sites is 1. The van der Waals surface area contributed by atoms with Gasteiger partial charge in [-0.1, -0.05) is 30.3 Å². The average Bonchev–Trinajstić information content (AvgIpc) is 3.05. The van der Waals surface area contributed by atoms with Gasteiger partial charge < -0.3 is 14.3 Å². The first-order chi connectivity index (χ1) is 9.38. The lowest BCUT2D eigenvalue weighted by Crippen LogP contribution is -2.13. The molecule has 3 aromatic rings. The van der Waals surface area contributed by atoms with Crippen molar-refractivity contribution in [1.29, 1.82) is 0 Å². The van der Waals surface area contributed by atoms with Gasteiger partial charge in [0.15, 0.2) is 0 Å².